The lowest BCUT2D eigenvalue weighted by molar-refractivity contribution is 0.146. The average Bonchev–Trinajstić information content (AvgIpc) is 1.63. The zero-order valence-electron chi connectivity index (χ0n) is 6.76. The fourth-order valence-corrected chi connectivity index (χ4v) is 0.617. The molecule has 0 heterocycles. The lowest BCUT2D eigenvalue weighted by Crippen LogP contribution is -2.17. The summed E-state index contributed by atoms with van der Waals surface area (Å²) in [4.78, 5) is 0. The molecule has 0 saturated heterocycles. The minimum atomic E-state index is -0.231. The third kappa shape index (κ3) is 4.46. The van der Waals surface area contributed by atoms with Crippen LogP contribution >= 0.6 is 0 Å². The van der Waals surface area contributed by atoms with Crippen LogP contribution < -0.4 is 0 Å². The van der Waals surface area contributed by atoms with E-state index in [9.17, 15) is 5.11 Å². The first-order valence-electron chi connectivity index (χ1n) is 3.57. The molecule has 0 unspecified atom stereocenters. The largest absolute Gasteiger partial charge is 0.393 e. The second-order valence-electron chi connectivity index (χ2n) is 3.17. The Morgan fingerprint density at radius 2 is 1.56 bits per heavy atom. The number of hydrogen-bond donors (Lipinski definition) is 1. The molecular formula is C8H17O. The molecule has 0 aliphatic carbocycles. The summed E-state index contributed by atoms with van der Waals surface area (Å²) in [5.74, 6) is 0.842. The van der Waals surface area contributed by atoms with Gasteiger partial charge in [0.2, 0.25) is 0 Å². The van der Waals surface area contributed by atoms with Gasteiger partial charge in [-0.2, -0.15) is 0 Å². The highest BCUT2D eigenvalue weighted by atomic mass is 16.3. The van der Waals surface area contributed by atoms with Gasteiger partial charge in [0, 0.05) is 0 Å². The topological polar surface area (TPSA) is 20.2 Å². The second kappa shape index (κ2) is 3.89. The fraction of sp³-hybridized carbons (Fsp3) is 0.875. The molecule has 9 heavy (non-hydrogen) atoms. The van der Waals surface area contributed by atoms with Gasteiger partial charge in [0.25, 0.3) is 0 Å². The minimum Gasteiger partial charge on any atom is -0.393 e. The molecule has 0 spiro atoms. The molecule has 0 amide bonds. The molecule has 1 radical (unpaired) electrons. The fourth-order valence-electron chi connectivity index (χ4n) is 0.617. The van der Waals surface area contributed by atoms with Gasteiger partial charge in [-0.25, -0.2) is 0 Å². The van der Waals surface area contributed by atoms with Gasteiger partial charge >= 0.3 is 0 Å². The van der Waals surface area contributed by atoms with Crippen molar-refractivity contribution in [2.45, 2.75) is 33.8 Å². The molecule has 0 rings (SSSR count). The van der Waals surface area contributed by atoms with Crippen LogP contribution in [0.5, 0.6) is 0 Å². The summed E-state index contributed by atoms with van der Waals surface area (Å²) in [7, 11) is 0. The summed E-state index contributed by atoms with van der Waals surface area (Å²) < 4.78 is 0. The number of aliphatic hydroxyl groups excluding tert-OH is 1. The van der Waals surface area contributed by atoms with Gasteiger partial charge in [-0.1, -0.05) is 27.7 Å². The van der Waals surface area contributed by atoms with Crippen molar-refractivity contribution in [2.75, 3.05) is 0 Å². The van der Waals surface area contributed by atoms with Gasteiger partial charge in [-0.15, -0.1) is 0 Å². The van der Waals surface area contributed by atoms with Crippen LogP contribution in [0.1, 0.15) is 27.7 Å². The second-order valence-corrected chi connectivity index (χ2v) is 3.17. The molecule has 0 aliphatic rings. The zero-order valence-corrected chi connectivity index (χ0v) is 6.76. The van der Waals surface area contributed by atoms with Crippen LogP contribution in [0.2, 0.25) is 0 Å². The van der Waals surface area contributed by atoms with E-state index in [1.807, 2.05) is 20.3 Å². The van der Waals surface area contributed by atoms with E-state index in [2.05, 4.69) is 13.8 Å². The van der Waals surface area contributed by atoms with E-state index < -0.39 is 0 Å². The molecule has 0 aromatic heterocycles. The van der Waals surface area contributed by atoms with Gasteiger partial charge in [-0.3, -0.25) is 0 Å². The third-order valence-electron chi connectivity index (χ3n) is 1.27. The van der Waals surface area contributed by atoms with Gasteiger partial charge in [0.1, 0.15) is 0 Å². The van der Waals surface area contributed by atoms with Crippen molar-refractivity contribution in [3.8, 4) is 0 Å². The zero-order chi connectivity index (χ0) is 7.44. The van der Waals surface area contributed by atoms with Gasteiger partial charge in [0.15, 0.2) is 0 Å². The van der Waals surface area contributed by atoms with E-state index >= 15 is 0 Å². The summed E-state index contributed by atoms with van der Waals surface area (Å²) in [6.07, 6.45) is 1.73. The Bertz CT molecular complexity index is 67.0. The van der Waals surface area contributed by atoms with Gasteiger partial charge < -0.3 is 5.11 Å². The Morgan fingerprint density at radius 3 is 1.67 bits per heavy atom. The molecule has 1 atom stereocenters. The predicted molar refractivity (Wildman–Crippen MR) is 40.0 cm³/mol. The van der Waals surface area contributed by atoms with Gasteiger partial charge in [0.05, 0.1) is 6.10 Å². The first-order chi connectivity index (χ1) is 4.04. The molecule has 1 N–H and O–H groups in total. The SMILES string of the molecule is CC(C)[CH][C@H](O)C(C)C. The van der Waals surface area contributed by atoms with Crippen molar-refractivity contribution >= 4 is 0 Å². The molecule has 0 bridgehead atoms. The van der Waals surface area contributed by atoms with Crippen molar-refractivity contribution < 1.29 is 5.11 Å². The lowest BCUT2D eigenvalue weighted by Gasteiger charge is -2.15. The van der Waals surface area contributed by atoms with Crippen molar-refractivity contribution in [2.24, 2.45) is 11.8 Å². The predicted octanol–water partition coefficient (Wildman–Crippen LogP) is 1.86. The summed E-state index contributed by atoms with van der Waals surface area (Å²) in [5.41, 5.74) is 0. The molecule has 1 heteroatoms. The highest BCUT2D eigenvalue weighted by molar-refractivity contribution is 4.80. The molecule has 0 aromatic carbocycles. The Balaban J connectivity index is 3.38. The van der Waals surface area contributed by atoms with Crippen molar-refractivity contribution in [1.29, 1.82) is 0 Å². The monoisotopic (exact) mass is 129 g/mol. The van der Waals surface area contributed by atoms with Crippen molar-refractivity contribution in [3.05, 3.63) is 6.42 Å². The smallest absolute Gasteiger partial charge is 0.0597 e. The number of rotatable bonds is 3. The molecule has 0 aliphatic heterocycles. The Kier molecular flexibility index (Phi) is 3.87. The highest BCUT2D eigenvalue weighted by Crippen LogP contribution is 2.10. The summed E-state index contributed by atoms with van der Waals surface area (Å²) in [6, 6.07) is 0. The average molecular weight is 129 g/mol. The molecule has 55 valence electrons. The maximum Gasteiger partial charge on any atom is 0.0597 e. The van der Waals surface area contributed by atoms with Crippen molar-refractivity contribution in [3.63, 3.8) is 0 Å². The first-order valence-corrected chi connectivity index (χ1v) is 3.57. The van der Waals surface area contributed by atoms with Crippen LogP contribution in [0, 0.1) is 18.3 Å². The number of hydrogen-bond acceptors (Lipinski definition) is 1. The molecule has 0 aromatic rings. The van der Waals surface area contributed by atoms with Crippen LogP contribution in [-0.2, 0) is 0 Å². The Hall–Kier alpha value is -0.0400. The van der Waals surface area contributed by atoms with Crippen LogP contribution in [0.4, 0.5) is 0 Å². The molecule has 0 saturated carbocycles. The van der Waals surface area contributed by atoms with Crippen LogP contribution in [0.15, 0.2) is 0 Å². The first kappa shape index (κ1) is 8.96. The summed E-state index contributed by atoms with van der Waals surface area (Å²) in [6.45, 7) is 8.18. The maximum absolute atomic E-state index is 9.24. The lowest BCUT2D eigenvalue weighted by atomic mass is 9.98. The Morgan fingerprint density at radius 1 is 1.11 bits per heavy atom. The molecule has 1 nitrogen and oxygen atoms in total. The molecular weight excluding hydrogens is 112 g/mol. The van der Waals surface area contributed by atoms with E-state index in [0.717, 1.165) is 0 Å². The summed E-state index contributed by atoms with van der Waals surface area (Å²) >= 11 is 0. The van der Waals surface area contributed by atoms with E-state index in [4.69, 9.17) is 0 Å². The quantitative estimate of drug-likeness (QED) is 0.616. The maximum atomic E-state index is 9.24. The summed E-state index contributed by atoms with van der Waals surface area (Å²) in [5, 5.41) is 9.24. The van der Waals surface area contributed by atoms with E-state index in [0.29, 0.717) is 11.8 Å². The Labute approximate surface area is 58.1 Å². The highest BCUT2D eigenvalue weighted by Gasteiger charge is 2.10. The third-order valence-corrected chi connectivity index (χ3v) is 1.27. The number of aliphatic hydroxyl groups is 1. The van der Waals surface area contributed by atoms with E-state index in [-0.39, 0.29) is 6.10 Å². The minimum absolute atomic E-state index is 0.231. The van der Waals surface area contributed by atoms with Crippen LogP contribution in [-0.4, -0.2) is 11.2 Å². The van der Waals surface area contributed by atoms with Crippen LogP contribution in [0.25, 0.3) is 0 Å². The van der Waals surface area contributed by atoms with Crippen LogP contribution in [0.3, 0.4) is 0 Å². The standard InChI is InChI=1S/C8H17O/c1-6(2)5-8(9)7(3)4/h5-9H,1-4H3/t8-/m0/s1. The normalized spacial score (nSPS) is 15.0. The molecule has 0 fully saturated rings. The van der Waals surface area contributed by atoms with E-state index in [1.165, 1.54) is 0 Å². The van der Waals surface area contributed by atoms with Crippen molar-refractivity contribution in [1.82, 2.24) is 0 Å². The van der Waals surface area contributed by atoms with Gasteiger partial charge in [-0.05, 0) is 18.3 Å². The van der Waals surface area contributed by atoms with E-state index in [1.54, 1.807) is 0 Å².